The highest BCUT2D eigenvalue weighted by molar-refractivity contribution is 5.93. The molecule has 0 unspecified atom stereocenters. The maximum Gasteiger partial charge on any atom is 0.253 e. The molecule has 0 aliphatic heterocycles. The highest BCUT2D eigenvalue weighted by atomic mass is 16.5. The molecule has 1 aliphatic carbocycles. The second-order valence-electron chi connectivity index (χ2n) is 6.14. The molecule has 1 aliphatic rings. The minimum absolute atomic E-state index is 0.108. The van der Waals surface area contributed by atoms with Gasteiger partial charge in [-0.15, -0.1) is 0 Å². The summed E-state index contributed by atoms with van der Waals surface area (Å²) in [6.45, 7) is 1.98. The van der Waals surface area contributed by atoms with Gasteiger partial charge in [0.15, 0.2) is 5.82 Å². The van der Waals surface area contributed by atoms with E-state index in [0.717, 1.165) is 12.8 Å². The van der Waals surface area contributed by atoms with E-state index in [9.17, 15) is 4.79 Å². The molecule has 6 nitrogen and oxygen atoms in total. The van der Waals surface area contributed by atoms with Crippen molar-refractivity contribution in [3.05, 3.63) is 36.8 Å². The molecule has 1 fully saturated rings. The molecule has 24 heavy (non-hydrogen) atoms. The van der Waals surface area contributed by atoms with Crippen LogP contribution in [0.4, 0.5) is 5.69 Å². The third-order valence-electron chi connectivity index (χ3n) is 4.31. The number of anilines is 1. The molecule has 2 heterocycles. The first-order valence-electron chi connectivity index (χ1n) is 8.68. The topological polar surface area (TPSA) is 69.0 Å². The molecule has 128 valence electrons. The number of rotatable bonds is 6. The van der Waals surface area contributed by atoms with Gasteiger partial charge in [0, 0.05) is 6.20 Å². The van der Waals surface area contributed by atoms with Crippen molar-refractivity contribution < 1.29 is 9.53 Å². The van der Waals surface area contributed by atoms with E-state index in [1.54, 1.807) is 23.3 Å². The maximum atomic E-state index is 12.5. The molecule has 0 saturated heterocycles. The smallest absolute Gasteiger partial charge is 0.253 e. The van der Waals surface area contributed by atoms with Crippen LogP contribution in [0.2, 0.25) is 0 Å². The van der Waals surface area contributed by atoms with Crippen LogP contribution in [0.25, 0.3) is 5.82 Å². The van der Waals surface area contributed by atoms with Crippen LogP contribution in [0.3, 0.4) is 0 Å². The monoisotopic (exact) mass is 328 g/mol. The summed E-state index contributed by atoms with van der Waals surface area (Å²) in [6.07, 6.45) is 11.3. The van der Waals surface area contributed by atoms with Gasteiger partial charge in [0.2, 0.25) is 0 Å². The van der Waals surface area contributed by atoms with Crippen LogP contribution in [0.5, 0.6) is 0 Å². The molecule has 1 N–H and O–H groups in total. The Balaban J connectivity index is 1.60. The van der Waals surface area contributed by atoms with Crippen molar-refractivity contribution in [1.82, 2.24) is 14.8 Å². The van der Waals surface area contributed by atoms with Gasteiger partial charge in [-0.25, -0.2) is 9.67 Å². The van der Waals surface area contributed by atoms with Gasteiger partial charge in [0.25, 0.3) is 5.91 Å². The number of aromatic nitrogens is 3. The highest BCUT2D eigenvalue weighted by Crippen LogP contribution is 2.22. The molecule has 6 heteroatoms. The summed E-state index contributed by atoms with van der Waals surface area (Å²) < 4.78 is 7.65. The van der Waals surface area contributed by atoms with Crippen LogP contribution in [0.1, 0.15) is 45.4 Å². The van der Waals surface area contributed by atoms with Gasteiger partial charge in [-0.3, -0.25) is 4.79 Å². The third-order valence-corrected chi connectivity index (χ3v) is 4.31. The quantitative estimate of drug-likeness (QED) is 0.883. The number of carbonyl (C=O) groups excluding carboxylic acids is 1. The van der Waals surface area contributed by atoms with Crippen LogP contribution < -0.4 is 5.32 Å². The van der Waals surface area contributed by atoms with Crippen molar-refractivity contribution in [2.24, 2.45) is 0 Å². The molecular formula is C18H24N4O2. The van der Waals surface area contributed by atoms with E-state index in [1.807, 2.05) is 25.1 Å². The van der Waals surface area contributed by atoms with E-state index in [1.165, 1.54) is 19.3 Å². The fourth-order valence-corrected chi connectivity index (χ4v) is 3.00. The first-order valence-corrected chi connectivity index (χ1v) is 8.68. The number of pyridine rings is 1. The molecule has 2 aromatic heterocycles. The van der Waals surface area contributed by atoms with Gasteiger partial charge in [0.05, 0.1) is 24.2 Å². The summed E-state index contributed by atoms with van der Waals surface area (Å²) >= 11 is 0. The van der Waals surface area contributed by atoms with Crippen LogP contribution in [0.15, 0.2) is 36.8 Å². The van der Waals surface area contributed by atoms with Crippen molar-refractivity contribution in [2.45, 2.75) is 57.7 Å². The zero-order valence-corrected chi connectivity index (χ0v) is 14.0. The highest BCUT2D eigenvalue weighted by Gasteiger charge is 2.23. The van der Waals surface area contributed by atoms with Gasteiger partial charge in [-0.05, 0) is 31.4 Å². The molecule has 3 rings (SSSR count). The Morgan fingerprint density at radius 2 is 2.21 bits per heavy atom. The first-order chi connectivity index (χ1) is 11.8. The first kappa shape index (κ1) is 16.6. The van der Waals surface area contributed by atoms with Crippen LogP contribution >= 0.6 is 0 Å². The summed E-state index contributed by atoms with van der Waals surface area (Å²) in [5, 5.41) is 7.14. The van der Waals surface area contributed by atoms with E-state index in [4.69, 9.17) is 4.74 Å². The van der Waals surface area contributed by atoms with Gasteiger partial charge in [-0.2, -0.15) is 5.10 Å². The number of carbonyl (C=O) groups is 1. The number of ether oxygens (including phenoxy) is 1. The largest absolute Gasteiger partial charge is 0.365 e. The number of hydrogen-bond donors (Lipinski definition) is 1. The number of hydrogen-bond acceptors (Lipinski definition) is 4. The predicted octanol–water partition coefficient (Wildman–Crippen LogP) is 3.33. The molecule has 1 atom stereocenters. The SMILES string of the molecule is CC[C@@H](OC1CCCCC1)C(=O)Nc1cnn(-c2ccccn2)c1. The molecule has 0 radical (unpaired) electrons. The lowest BCUT2D eigenvalue weighted by molar-refractivity contribution is -0.132. The zero-order valence-electron chi connectivity index (χ0n) is 14.0. The summed E-state index contributed by atoms with van der Waals surface area (Å²) in [6, 6.07) is 5.61. The predicted molar refractivity (Wildman–Crippen MR) is 92.0 cm³/mol. The lowest BCUT2D eigenvalue weighted by Crippen LogP contribution is -2.34. The fourth-order valence-electron chi connectivity index (χ4n) is 3.00. The normalized spacial score (nSPS) is 16.7. The fraction of sp³-hybridized carbons (Fsp3) is 0.500. The lowest BCUT2D eigenvalue weighted by Gasteiger charge is -2.26. The van der Waals surface area contributed by atoms with Crippen LogP contribution in [0, 0.1) is 0 Å². The van der Waals surface area contributed by atoms with Crippen molar-refractivity contribution in [1.29, 1.82) is 0 Å². The maximum absolute atomic E-state index is 12.5. The molecule has 2 aromatic rings. The minimum Gasteiger partial charge on any atom is -0.365 e. The molecule has 1 saturated carbocycles. The summed E-state index contributed by atoms with van der Waals surface area (Å²) in [4.78, 5) is 16.7. The Morgan fingerprint density at radius 1 is 1.38 bits per heavy atom. The summed E-state index contributed by atoms with van der Waals surface area (Å²) in [5.74, 6) is 0.604. The third kappa shape index (κ3) is 4.20. The van der Waals surface area contributed by atoms with Gasteiger partial charge >= 0.3 is 0 Å². The van der Waals surface area contributed by atoms with E-state index < -0.39 is 6.10 Å². The molecule has 0 bridgehead atoms. The Hall–Kier alpha value is -2.21. The Bertz CT molecular complexity index is 650. The lowest BCUT2D eigenvalue weighted by atomic mass is 9.97. The standard InChI is InChI=1S/C18H24N4O2/c1-2-16(24-15-8-4-3-5-9-15)18(23)21-14-12-20-22(13-14)17-10-6-7-11-19-17/h6-7,10-13,15-16H,2-5,8-9H2,1H3,(H,21,23)/t16-/m1/s1. The van der Waals surface area contributed by atoms with Crippen molar-refractivity contribution >= 4 is 11.6 Å². The zero-order chi connectivity index (χ0) is 16.8. The average Bonchev–Trinajstić information content (AvgIpc) is 3.09. The molecule has 0 aromatic carbocycles. The minimum atomic E-state index is -0.411. The Labute approximate surface area is 142 Å². The van der Waals surface area contributed by atoms with E-state index in [-0.39, 0.29) is 12.0 Å². The Kier molecular flexibility index (Phi) is 5.59. The van der Waals surface area contributed by atoms with Crippen LogP contribution in [-0.2, 0) is 9.53 Å². The van der Waals surface area contributed by atoms with E-state index >= 15 is 0 Å². The van der Waals surface area contributed by atoms with Crippen molar-refractivity contribution in [2.75, 3.05) is 5.32 Å². The summed E-state index contributed by atoms with van der Waals surface area (Å²) in [7, 11) is 0. The molecule has 0 spiro atoms. The second kappa shape index (κ2) is 8.06. The number of nitrogens with one attached hydrogen (secondary N) is 1. The second-order valence-corrected chi connectivity index (χ2v) is 6.14. The Morgan fingerprint density at radius 3 is 2.92 bits per heavy atom. The summed E-state index contributed by atoms with van der Waals surface area (Å²) in [5.41, 5.74) is 0.649. The number of nitrogens with zero attached hydrogens (tertiary/aromatic N) is 3. The van der Waals surface area contributed by atoms with E-state index in [0.29, 0.717) is 17.9 Å². The van der Waals surface area contributed by atoms with Crippen molar-refractivity contribution in [3.8, 4) is 5.82 Å². The van der Waals surface area contributed by atoms with Crippen LogP contribution in [-0.4, -0.2) is 32.9 Å². The van der Waals surface area contributed by atoms with E-state index in [2.05, 4.69) is 15.4 Å². The van der Waals surface area contributed by atoms with Gasteiger partial charge < -0.3 is 10.1 Å². The molecular weight excluding hydrogens is 304 g/mol. The molecule has 1 amide bonds. The number of amides is 1. The van der Waals surface area contributed by atoms with Gasteiger partial charge in [0.1, 0.15) is 6.10 Å². The average molecular weight is 328 g/mol. The van der Waals surface area contributed by atoms with Crippen molar-refractivity contribution in [3.63, 3.8) is 0 Å². The van der Waals surface area contributed by atoms with Gasteiger partial charge in [-0.1, -0.05) is 32.3 Å².